The Hall–Kier alpha value is -4.88. The molecule has 8 heteroatoms. The largest absolute Gasteiger partial charge is 0.497 e. The summed E-state index contributed by atoms with van der Waals surface area (Å²) >= 11 is 6.17. The van der Waals surface area contributed by atoms with Crippen molar-refractivity contribution in [1.82, 2.24) is 0 Å². The normalized spacial score (nSPS) is 10.8. The van der Waals surface area contributed by atoms with Crippen molar-refractivity contribution in [3.05, 3.63) is 122 Å². The monoisotopic (exact) mass is 567 g/mol. The van der Waals surface area contributed by atoms with Crippen molar-refractivity contribution in [2.24, 2.45) is 0 Å². The number of nitrogens with one attached hydrogen (secondary N) is 1. The number of rotatable bonds is 8. The summed E-state index contributed by atoms with van der Waals surface area (Å²) in [5, 5.41) is 3.44. The van der Waals surface area contributed by atoms with Crippen LogP contribution in [-0.4, -0.2) is 25.4 Å². The molecule has 0 aliphatic carbocycles. The maximum absolute atomic E-state index is 13.7. The number of carbonyl (C=O) groups is 2. The van der Waals surface area contributed by atoms with E-state index in [9.17, 15) is 14.4 Å². The molecule has 0 unspecified atom stereocenters. The Morgan fingerprint density at radius 2 is 1.66 bits per heavy atom. The number of ether oxygens (including phenoxy) is 2. The Bertz CT molecular complexity index is 1830. The van der Waals surface area contributed by atoms with Gasteiger partial charge in [-0.25, -0.2) is 0 Å². The van der Waals surface area contributed by atoms with E-state index in [2.05, 4.69) is 5.32 Å². The second-order valence-corrected chi connectivity index (χ2v) is 9.93. The number of halogens is 1. The zero-order chi connectivity index (χ0) is 29.1. The first-order valence-electron chi connectivity index (χ1n) is 12.8. The second-order valence-electron chi connectivity index (χ2n) is 9.49. The summed E-state index contributed by atoms with van der Waals surface area (Å²) < 4.78 is 17.3. The lowest BCUT2D eigenvalue weighted by atomic mass is 10.0. The zero-order valence-corrected chi connectivity index (χ0v) is 23.4. The van der Waals surface area contributed by atoms with Crippen molar-refractivity contribution in [1.29, 1.82) is 0 Å². The first kappa shape index (κ1) is 27.7. The molecular weight excluding hydrogens is 542 g/mol. The van der Waals surface area contributed by atoms with Crippen LogP contribution in [0.3, 0.4) is 0 Å². The highest BCUT2D eigenvalue weighted by molar-refractivity contribution is 6.31. The second kappa shape index (κ2) is 11.7. The molecule has 0 saturated carbocycles. The minimum absolute atomic E-state index is 0.0959. The summed E-state index contributed by atoms with van der Waals surface area (Å²) in [5.74, 6) is -0.146. The van der Waals surface area contributed by atoms with Crippen LogP contribution in [0.25, 0.3) is 22.3 Å². The summed E-state index contributed by atoms with van der Waals surface area (Å²) in [5.41, 5.74) is 3.22. The number of amides is 1. The van der Waals surface area contributed by atoms with Crippen LogP contribution in [0.4, 0.5) is 5.69 Å². The summed E-state index contributed by atoms with van der Waals surface area (Å²) in [7, 11) is 1.56. The first-order valence-corrected chi connectivity index (χ1v) is 13.2. The fourth-order valence-corrected chi connectivity index (χ4v) is 4.79. The number of anilines is 1. The molecule has 5 rings (SSSR count). The first-order chi connectivity index (χ1) is 19.7. The Kier molecular flexibility index (Phi) is 7.90. The highest BCUT2D eigenvalue weighted by Gasteiger charge is 2.21. The van der Waals surface area contributed by atoms with E-state index in [1.165, 1.54) is 6.07 Å². The molecule has 206 valence electrons. The zero-order valence-electron chi connectivity index (χ0n) is 22.6. The lowest BCUT2D eigenvalue weighted by molar-refractivity contribution is -0.118. The molecule has 1 N–H and O–H groups in total. The van der Waals surface area contributed by atoms with Crippen LogP contribution in [-0.2, 0) is 4.79 Å². The molecule has 0 spiro atoms. The summed E-state index contributed by atoms with van der Waals surface area (Å²) in [6.07, 6.45) is 0. The molecular formula is C33H26ClNO6. The fourth-order valence-electron chi connectivity index (χ4n) is 4.62. The van der Waals surface area contributed by atoms with Crippen LogP contribution in [0.2, 0.25) is 5.02 Å². The van der Waals surface area contributed by atoms with Crippen molar-refractivity contribution in [3.8, 4) is 22.8 Å². The van der Waals surface area contributed by atoms with Gasteiger partial charge in [0.05, 0.1) is 18.2 Å². The smallest absolute Gasteiger partial charge is 0.262 e. The maximum atomic E-state index is 13.7. The van der Waals surface area contributed by atoms with Crippen LogP contribution >= 0.6 is 11.6 Å². The molecule has 1 amide bonds. The summed E-state index contributed by atoms with van der Waals surface area (Å²) in [6, 6.07) is 23.9. The van der Waals surface area contributed by atoms with Gasteiger partial charge in [0.1, 0.15) is 11.3 Å². The molecule has 0 aliphatic rings. The predicted octanol–water partition coefficient (Wildman–Crippen LogP) is 6.99. The van der Waals surface area contributed by atoms with Crippen molar-refractivity contribution in [2.75, 3.05) is 19.0 Å². The number of carbonyl (C=O) groups excluding carboxylic acids is 2. The third-order valence-electron chi connectivity index (χ3n) is 6.53. The van der Waals surface area contributed by atoms with E-state index in [1.54, 1.807) is 79.9 Å². The molecule has 0 aliphatic heterocycles. The summed E-state index contributed by atoms with van der Waals surface area (Å²) in [4.78, 5) is 39.9. The number of ketones is 1. The van der Waals surface area contributed by atoms with Crippen LogP contribution in [0, 0.1) is 13.8 Å². The molecule has 1 heterocycles. The van der Waals surface area contributed by atoms with Crippen molar-refractivity contribution < 1.29 is 23.5 Å². The number of hydrogen-bond donors (Lipinski definition) is 1. The van der Waals surface area contributed by atoms with E-state index in [0.717, 1.165) is 11.1 Å². The van der Waals surface area contributed by atoms with Crippen LogP contribution in [0.1, 0.15) is 27.0 Å². The standard InChI is InChI=1S/C33H26ClNO6/c1-19-15-20(2)29-27(16-19)41-32(22-9-12-24(39-3)13-10-22)33(31(29)38)40-18-28(36)35-26-14-11-23(34)17-25(26)30(37)21-7-5-4-6-8-21/h4-17H,18H2,1-3H3,(H,35,36). The van der Waals surface area contributed by atoms with Gasteiger partial charge < -0.3 is 19.2 Å². The average molecular weight is 568 g/mol. The minimum atomic E-state index is -0.574. The highest BCUT2D eigenvalue weighted by Crippen LogP contribution is 2.33. The maximum Gasteiger partial charge on any atom is 0.262 e. The molecule has 0 bridgehead atoms. The number of aryl methyl sites for hydroxylation is 2. The Morgan fingerprint density at radius 3 is 2.37 bits per heavy atom. The molecule has 0 radical (unpaired) electrons. The van der Waals surface area contributed by atoms with Gasteiger partial charge in [0.2, 0.25) is 11.2 Å². The quantitative estimate of drug-likeness (QED) is 0.203. The number of hydrogen-bond acceptors (Lipinski definition) is 6. The van der Waals surface area contributed by atoms with E-state index in [1.807, 2.05) is 19.9 Å². The molecule has 4 aromatic carbocycles. The Morgan fingerprint density at radius 1 is 0.927 bits per heavy atom. The molecule has 0 fully saturated rings. The van der Waals surface area contributed by atoms with Gasteiger partial charge in [-0.05, 0) is 73.5 Å². The Labute approximate surface area is 241 Å². The Balaban J connectivity index is 1.47. The van der Waals surface area contributed by atoms with E-state index < -0.39 is 17.9 Å². The van der Waals surface area contributed by atoms with E-state index in [4.69, 9.17) is 25.5 Å². The van der Waals surface area contributed by atoms with Gasteiger partial charge in [0.15, 0.2) is 18.2 Å². The highest BCUT2D eigenvalue weighted by atomic mass is 35.5. The van der Waals surface area contributed by atoms with Crippen LogP contribution < -0.4 is 20.2 Å². The third-order valence-corrected chi connectivity index (χ3v) is 6.77. The predicted molar refractivity (Wildman–Crippen MR) is 159 cm³/mol. The topological polar surface area (TPSA) is 94.8 Å². The van der Waals surface area contributed by atoms with Crippen molar-refractivity contribution >= 4 is 39.9 Å². The van der Waals surface area contributed by atoms with Gasteiger partial charge in [0, 0.05) is 21.7 Å². The molecule has 7 nitrogen and oxygen atoms in total. The number of benzene rings is 4. The van der Waals surface area contributed by atoms with E-state index in [-0.39, 0.29) is 28.5 Å². The molecule has 1 aromatic heterocycles. The van der Waals surface area contributed by atoms with Crippen molar-refractivity contribution in [3.63, 3.8) is 0 Å². The van der Waals surface area contributed by atoms with Gasteiger partial charge in [0.25, 0.3) is 5.91 Å². The lowest BCUT2D eigenvalue weighted by Gasteiger charge is -2.14. The number of methoxy groups -OCH3 is 1. The van der Waals surface area contributed by atoms with Crippen LogP contribution in [0.15, 0.2) is 94.1 Å². The minimum Gasteiger partial charge on any atom is -0.497 e. The van der Waals surface area contributed by atoms with Gasteiger partial charge in [-0.2, -0.15) is 0 Å². The molecule has 0 saturated heterocycles. The van der Waals surface area contributed by atoms with Gasteiger partial charge in [-0.3, -0.25) is 14.4 Å². The van der Waals surface area contributed by atoms with E-state index >= 15 is 0 Å². The van der Waals surface area contributed by atoms with Crippen LogP contribution in [0.5, 0.6) is 11.5 Å². The molecule has 41 heavy (non-hydrogen) atoms. The van der Waals surface area contributed by atoms with Gasteiger partial charge in [-0.15, -0.1) is 0 Å². The third kappa shape index (κ3) is 5.85. The molecule has 5 aromatic rings. The lowest BCUT2D eigenvalue weighted by Crippen LogP contribution is -2.24. The average Bonchev–Trinajstić information content (AvgIpc) is 2.97. The molecule has 0 atom stereocenters. The fraction of sp³-hybridized carbons (Fsp3) is 0.121. The number of fused-ring (bicyclic) bond motifs is 1. The van der Waals surface area contributed by atoms with E-state index in [0.29, 0.717) is 32.9 Å². The SMILES string of the molecule is COc1ccc(-c2oc3cc(C)cc(C)c3c(=O)c2OCC(=O)Nc2ccc(Cl)cc2C(=O)c2ccccc2)cc1. The summed E-state index contributed by atoms with van der Waals surface area (Å²) in [6.45, 7) is 3.23. The van der Waals surface area contributed by atoms with Gasteiger partial charge >= 0.3 is 0 Å². The van der Waals surface area contributed by atoms with Crippen molar-refractivity contribution in [2.45, 2.75) is 13.8 Å². The van der Waals surface area contributed by atoms with Gasteiger partial charge in [-0.1, -0.05) is 48.0 Å².